The van der Waals surface area contributed by atoms with Gasteiger partial charge in [0.1, 0.15) is 12.4 Å². The van der Waals surface area contributed by atoms with Crippen LogP contribution >= 0.6 is 0 Å². The van der Waals surface area contributed by atoms with Gasteiger partial charge in [-0.3, -0.25) is 0 Å². The topological polar surface area (TPSA) is 105 Å². The van der Waals surface area contributed by atoms with Crippen LogP contribution in [0, 0.1) is 0 Å². The summed E-state index contributed by atoms with van der Waals surface area (Å²) in [7, 11) is 0. The van der Waals surface area contributed by atoms with Crippen LogP contribution in [0.5, 0.6) is 5.75 Å². The SMILES string of the molecule is OCCOc1ccc2cnn(-c3ccnc(NC4CCC(O)CC4)n3)c2c1. The van der Waals surface area contributed by atoms with Gasteiger partial charge in [-0.2, -0.15) is 10.1 Å². The largest absolute Gasteiger partial charge is 0.491 e. The summed E-state index contributed by atoms with van der Waals surface area (Å²) in [6, 6.07) is 7.75. The van der Waals surface area contributed by atoms with E-state index in [0.29, 0.717) is 17.5 Å². The summed E-state index contributed by atoms with van der Waals surface area (Å²) in [5.41, 5.74) is 0.871. The summed E-state index contributed by atoms with van der Waals surface area (Å²) in [6.45, 7) is 0.216. The second-order valence-electron chi connectivity index (χ2n) is 6.74. The monoisotopic (exact) mass is 369 g/mol. The lowest BCUT2D eigenvalue weighted by atomic mass is 9.93. The van der Waals surface area contributed by atoms with Gasteiger partial charge in [0.05, 0.1) is 24.4 Å². The Balaban J connectivity index is 1.57. The van der Waals surface area contributed by atoms with Gasteiger partial charge in [-0.05, 0) is 37.8 Å². The molecule has 4 rings (SSSR count). The first-order valence-corrected chi connectivity index (χ1v) is 9.22. The maximum Gasteiger partial charge on any atom is 0.224 e. The molecular formula is C19H23N5O3. The summed E-state index contributed by atoms with van der Waals surface area (Å²) >= 11 is 0. The Labute approximate surface area is 156 Å². The number of hydrogen-bond donors (Lipinski definition) is 3. The van der Waals surface area contributed by atoms with E-state index >= 15 is 0 Å². The number of rotatable bonds is 6. The van der Waals surface area contributed by atoms with Gasteiger partial charge in [-0.25, -0.2) is 9.67 Å². The maximum atomic E-state index is 9.64. The molecule has 8 nitrogen and oxygen atoms in total. The molecule has 2 aromatic heterocycles. The summed E-state index contributed by atoms with van der Waals surface area (Å²) in [6.07, 6.45) is 6.73. The van der Waals surface area contributed by atoms with Crippen LogP contribution in [0.3, 0.4) is 0 Å². The number of benzene rings is 1. The minimum Gasteiger partial charge on any atom is -0.491 e. The molecule has 27 heavy (non-hydrogen) atoms. The van der Waals surface area contributed by atoms with E-state index in [9.17, 15) is 5.11 Å². The fraction of sp³-hybridized carbons (Fsp3) is 0.421. The highest BCUT2D eigenvalue weighted by atomic mass is 16.5. The molecule has 3 aromatic rings. The summed E-state index contributed by atoms with van der Waals surface area (Å²) in [4.78, 5) is 8.93. The number of nitrogens with zero attached hydrogens (tertiary/aromatic N) is 4. The van der Waals surface area contributed by atoms with Crippen LogP contribution in [0.4, 0.5) is 5.95 Å². The molecule has 0 radical (unpaired) electrons. The predicted octanol–water partition coefficient (Wildman–Crippen LogP) is 1.90. The normalized spacial score (nSPS) is 19.9. The number of aliphatic hydroxyl groups excluding tert-OH is 2. The smallest absolute Gasteiger partial charge is 0.224 e. The molecule has 1 saturated carbocycles. The van der Waals surface area contributed by atoms with Crippen molar-refractivity contribution in [1.82, 2.24) is 19.7 Å². The van der Waals surface area contributed by atoms with Gasteiger partial charge < -0.3 is 20.3 Å². The van der Waals surface area contributed by atoms with Crippen LogP contribution < -0.4 is 10.1 Å². The van der Waals surface area contributed by atoms with Crippen molar-refractivity contribution >= 4 is 16.9 Å². The zero-order valence-electron chi connectivity index (χ0n) is 15.0. The third-order valence-corrected chi connectivity index (χ3v) is 4.79. The van der Waals surface area contributed by atoms with Gasteiger partial charge in [0.25, 0.3) is 0 Å². The quantitative estimate of drug-likeness (QED) is 0.609. The molecule has 0 spiro atoms. The van der Waals surface area contributed by atoms with Gasteiger partial charge in [-0.15, -0.1) is 0 Å². The molecule has 1 aliphatic rings. The molecule has 3 N–H and O–H groups in total. The first-order valence-electron chi connectivity index (χ1n) is 9.22. The molecule has 0 atom stereocenters. The lowest BCUT2D eigenvalue weighted by Gasteiger charge is -2.26. The van der Waals surface area contributed by atoms with Gasteiger partial charge >= 0.3 is 0 Å². The number of aliphatic hydroxyl groups is 2. The van der Waals surface area contributed by atoms with Crippen LogP contribution in [-0.2, 0) is 0 Å². The average Bonchev–Trinajstić information content (AvgIpc) is 3.12. The van der Waals surface area contributed by atoms with Crippen LogP contribution in [0.2, 0.25) is 0 Å². The highest BCUT2D eigenvalue weighted by Gasteiger charge is 2.20. The Hall–Kier alpha value is -2.71. The fourth-order valence-corrected chi connectivity index (χ4v) is 3.37. The second-order valence-corrected chi connectivity index (χ2v) is 6.74. The summed E-state index contributed by atoms with van der Waals surface area (Å²) in [5, 5.41) is 27.4. The Morgan fingerprint density at radius 2 is 2.04 bits per heavy atom. The Morgan fingerprint density at radius 1 is 1.19 bits per heavy atom. The van der Waals surface area contributed by atoms with Crippen LogP contribution in [-0.4, -0.2) is 55.3 Å². The van der Waals surface area contributed by atoms with Crippen molar-refractivity contribution in [3.8, 4) is 11.6 Å². The zero-order chi connectivity index (χ0) is 18.6. The van der Waals surface area contributed by atoms with E-state index in [4.69, 9.17) is 9.84 Å². The van der Waals surface area contributed by atoms with Crippen molar-refractivity contribution in [3.05, 3.63) is 36.7 Å². The van der Waals surface area contributed by atoms with E-state index < -0.39 is 0 Å². The first kappa shape index (κ1) is 17.7. The third-order valence-electron chi connectivity index (χ3n) is 4.79. The predicted molar refractivity (Wildman–Crippen MR) is 101 cm³/mol. The van der Waals surface area contributed by atoms with Gasteiger partial charge in [0.2, 0.25) is 5.95 Å². The molecule has 1 aliphatic carbocycles. The van der Waals surface area contributed by atoms with E-state index in [0.717, 1.165) is 36.6 Å². The number of anilines is 1. The van der Waals surface area contributed by atoms with Gasteiger partial charge in [0, 0.05) is 29.8 Å². The van der Waals surface area contributed by atoms with Crippen molar-refractivity contribution in [2.24, 2.45) is 0 Å². The Morgan fingerprint density at radius 3 is 2.85 bits per heavy atom. The van der Waals surface area contributed by atoms with Crippen molar-refractivity contribution in [2.45, 2.75) is 37.8 Å². The molecular weight excluding hydrogens is 346 g/mol. The first-order chi connectivity index (χ1) is 13.2. The molecule has 2 heterocycles. The lowest BCUT2D eigenvalue weighted by Crippen LogP contribution is -2.29. The fourth-order valence-electron chi connectivity index (χ4n) is 3.37. The van der Waals surface area contributed by atoms with Gasteiger partial charge in [-0.1, -0.05) is 0 Å². The van der Waals surface area contributed by atoms with Crippen molar-refractivity contribution < 1.29 is 14.9 Å². The Kier molecular flexibility index (Phi) is 5.17. The maximum absolute atomic E-state index is 9.64. The van der Waals surface area contributed by atoms with Crippen molar-refractivity contribution in [3.63, 3.8) is 0 Å². The van der Waals surface area contributed by atoms with E-state index in [1.807, 2.05) is 24.3 Å². The lowest BCUT2D eigenvalue weighted by molar-refractivity contribution is 0.126. The van der Waals surface area contributed by atoms with Crippen LogP contribution in [0.1, 0.15) is 25.7 Å². The molecule has 0 aliphatic heterocycles. The van der Waals surface area contributed by atoms with Crippen LogP contribution in [0.25, 0.3) is 16.7 Å². The third kappa shape index (κ3) is 4.01. The zero-order valence-corrected chi connectivity index (χ0v) is 15.0. The molecule has 1 fully saturated rings. The molecule has 0 amide bonds. The van der Waals surface area contributed by atoms with Crippen molar-refractivity contribution in [2.75, 3.05) is 18.5 Å². The average molecular weight is 369 g/mol. The minimum atomic E-state index is -0.187. The molecule has 8 heteroatoms. The summed E-state index contributed by atoms with van der Waals surface area (Å²) in [5.74, 6) is 1.90. The number of fused-ring (bicyclic) bond motifs is 1. The molecule has 0 bridgehead atoms. The molecule has 0 saturated heterocycles. The standard InChI is InChI=1S/C19H23N5O3/c25-9-10-27-16-6-1-13-12-21-24(17(13)11-16)18-7-8-20-19(23-18)22-14-2-4-15(26)5-3-14/h1,6-8,11-12,14-15,25-26H,2-5,9-10H2,(H,20,22,23). The van der Waals surface area contributed by atoms with E-state index in [1.165, 1.54) is 0 Å². The van der Waals surface area contributed by atoms with Crippen molar-refractivity contribution in [1.29, 1.82) is 0 Å². The number of aromatic nitrogens is 4. The van der Waals surface area contributed by atoms with E-state index in [1.54, 1.807) is 17.1 Å². The molecule has 1 aromatic carbocycles. The van der Waals surface area contributed by atoms with Gasteiger partial charge in [0.15, 0.2) is 5.82 Å². The number of nitrogens with one attached hydrogen (secondary N) is 1. The highest BCUT2D eigenvalue weighted by molar-refractivity contribution is 5.81. The molecule has 0 unspecified atom stereocenters. The summed E-state index contributed by atoms with van der Waals surface area (Å²) < 4.78 is 7.25. The second kappa shape index (κ2) is 7.89. The van der Waals surface area contributed by atoms with Crippen LogP contribution in [0.15, 0.2) is 36.7 Å². The van der Waals surface area contributed by atoms with E-state index in [-0.39, 0.29) is 25.4 Å². The number of hydrogen-bond acceptors (Lipinski definition) is 7. The Bertz CT molecular complexity index is 905. The highest BCUT2D eigenvalue weighted by Crippen LogP contribution is 2.24. The molecule has 142 valence electrons. The minimum absolute atomic E-state index is 0.0313. The van der Waals surface area contributed by atoms with E-state index in [2.05, 4.69) is 20.4 Å². The number of ether oxygens (including phenoxy) is 1.